The number of nitrogens with zero attached hydrogens (tertiary/aromatic N) is 1. The highest BCUT2D eigenvalue weighted by Gasteiger charge is 2.22. The summed E-state index contributed by atoms with van der Waals surface area (Å²) in [6, 6.07) is 4.61. The second kappa shape index (κ2) is 7.08. The minimum Gasteiger partial charge on any atom is -0.317 e. The molecule has 0 amide bonds. The van der Waals surface area contributed by atoms with Crippen LogP contribution in [0, 0.1) is 22.4 Å². The standard InChI is InChI=1S/C16H11BrClF2NO/c1-21-9-10(18)7-14(16(21)22)12(3-2-6-17)13-8-11(19)4-5-15(13)20/h4-5,7-9,12H,3H2,1H3. The fourth-order valence-corrected chi connectivity index (χ4v) is 2.68. The Labute approximate surface area is 139 Å². The van der Waals surface area contributed by atoms with Crippen LogP contribution in [0.5, 0.6) is 0 Å². The summed E-state index contributed by atoms with van der Waals surface area (Å²) in [5, 5.41) is 0.339. The van der Waals surface area contributed by atoms with E-state index in [1.165, 1.54) is 16.8 Å². The minimum atomic E-state index is -0.710. The second-order valence-corrected chi connectivity index (χ2v) is 5.56. The molecule has 2 nitrogen and oxygen atoms in total. The number of aryl methyl sites for hydroxylation is 1. The molecule has 0 spiro atoms. The van der Waals surface area contributed by atoms with Crippen LogP contribution in [-0.4, -0.2) is 4.57 Å². The lowest BCUT2D eigenvalue weighted by atomic mass is 9.89. The van der Waals surface area contributed by atoms with E-state index >= 15 is 0 Å². The van der Waals surface area contributed by atoms with Gasteiger partial charge in [-0.2, -0.15) is 0 Å². The van der Waals surface area contributed by atoms with Crippen LogP contribution >= 0.6 is 27.5 Å². The lowest BCUT2D eigenvalue weighted by Crippen LogP contribution is -2.23. The molecule has 0 aliphatic rings. The highest BCUT2D eigenvalue weighted by atomic mass is 79.9. The van der Waals surface area contributed by atoms with E-state index in [-0.39, 0.29) is 23.1 Å². The summed E-state index contributed by atoms with van der Waals surface area (Å²) in [7, 11) is 1.55. The molecule has 1 aromatic carbocycles. The second-order valence-electron chi connectivity index (χ2n) is 4.72. The van der Waals surface area contributed by atoms with Gasteiger partial charge < -0.3 is 4.57 Å². The van der Waals surface area contributed by atoms with Gasteiger partial charge in [-0.15, -0.1) is 0 Å². The third kappa shape index (κ3) is 3.57. The van der Waals surface area contributed by atoms with E-state index in [1.807, 2.05) is 0 Å². The zero-order valence-corrected chi connectivity index (χ0v) is 13.9. The molecule has 6 heteroatoms. The Kier molecular flexibility index (Phi) is 5.38. The first-order valence-corrected chi connectivity index (χ1v) is 7.50. The van der Waals surface area contributed by atoms with Crippen molar-refractivity contribution in [3.05, 3.63) is 68.6 Å². The topological polar surface area (TPSA) is 22.0 Å². The number of aromatic nitrogens is 1. The van der Waals surface area contributed by atoms with Crippen LogP contribution in [0.3, 0.4) is 0 Å². The Morgan fingerprint density at radius 3 is 2.73 bits per heavy atom. The maximum absolute atomic E-state index is 14.1. The highest BCUT2D eigenvalue weighted by Crippen LogP contribution is 2.29. The van der Waals surface area contributed by atoms with Crippen molar-refractivity contribution in [2.45, 2.75) is 12.3 Å². The quantitative estimate of drug-likeness (QED) is 0.725. The third-order valence-electron chi connectivity index (χ3n) is 3.26. The molecule has 0 radical (unpaired) electrons. The van der Waals surface area contributed by atoms with Crippen molar-refractivity contribution >= 4 is 27.5 Å². The molecule has 1 aromatic heterocycles. The van der Waals surface area contributed by atoms with E-state index < -0.39 is 17.6 Å². The lowest BCUT2D eigenvalue weighted by molar-refractivity contribution is 0.574. The average molecular weight is 387 g/mol. The molecule has 22 heavy (non-hydrogen) atoms. The van der Waals surface area contributed by atoms with Gasteiger partial charge in [0.05, 0.1) is 5.02 Å². The van der Waals surface area contributed by atoms with E-state index in [2.05, 4.69) is 26.7 Å². The summed E-state index contributed by atoms with van der Waals surface area (Å²) in [6.07, 6.45) is 1.61. The molecule has 1 atom stereocenters. The fourth-order valence-electron chi connectivity index (χ4n) is 2.25. The van der Waals surface area contributed by atoms with Crippen LogP contribution in [-0.2, 0) is 7.05 Å². The molecule has 0 fully saturated rings. The number of hydrogen-bond donors (Lipinski definition) is 0. The van der Waals surface area contributed by atoms with E-state index in [0.29, 0.717) is 5.02 Å². The first-order chi connectivity index (χ1) is 10.4. The van der Waals surface area contributed by atoms with Crippen LogP contribution < -0.4 is 5.56 Å². The Hall–Kier alpha value is -1.64. The van der Waals surface area contributed by atoms with Crippen LogP contribution in [0.1, 0.15) is 23.5 Å². The van der Waals surface area contributed by atoms with Crippen molar-refractivity contribution in [2.75, 3.05) is 0 Å². The molecule has 0 saturated heterocycles. The lowest BCUT2D eigenvalue weighted by Gasteiger charge is -2.17. The van der Waals surface area contributed by atoms with Gasteiger partial charge in [0.1, 0.15) is 11.6 Å². The zero-order valence-electron chi connectivity index (χ0n) is 11.5. The average Bonchev–Trinajstić information content (AvgIpc) is 2.47. The predicted octanol–water partition coefficient (Wildman–Crippen LogP) is 4.19. The molecule has 114 valence electrons. The van der Waals surface area contributed by atoms with Gasteiger partial charge in [-0.1, -0.05) is 17.5 Å². The van der Waals surface area contributed by atoms with Crippen molar-refractivity contribution in [1.82, 2.24) is 4.57 Å². The molecule has 1 unspecified atom stereocenters. The van der Waals surface area contributed by atoms with Crippen molar-refractivity contribution in [3.8, 4) is 10.8 Å². The smallest absolute Gasteiger partial charge is 0.254 e. The van der Waals surface area contributed by atoms with Gasteiger partial charge in [0.15, 0.2) is 0 Å². The molecular weight excluding hydrogens is 376 g/mol. The number of benzene rings is 1. The van der Waals surface area contributed by atoms with Crippen LogP contribution in [0.4, 0.5) is 8.78 Å². The van der Waals surface area contributed by atoms with Crippen molar-refractivity contribution < 1.29 is 8.78 Å². The summed E-state index contributed by atoms with van der Waals surface area (Å²) in [5.74, 6) is 0.865. The first kappa shape index (κ1) is 16.7. The molecule has 0 bridgehead atoms. The van der Waals surface area contributed by atoms with E-state index in [0.717, 1.165) is 18.2 Å². The third-order valence-corrected chi connectivity index (χ3v) is 3.75. The van der Waals surface area contributed by atoms with Gasteiger partial charge in [0, 0.05) is 47.1 Å². The van der Waals surface area contributed by atoms with Crippen LogP contribution in [0.2, 0.25) is 5.02 Å². The molecule has 2 rings (SSSR count). The number of hydrogen-bond acceptors (Lipinski definition) is 1. The van der Waals surface area contributed by atoms with Crippen molar-refractivity contribution in [3.63, 3.8) is 0 Å². The SMILES string of the molecule is Cn1cc(Cl)cc(C(CC#CBr)c2cc(F)ccc2F)c1=O. The fraction of sp³-hybridized carbons (Fsp3) is 0.188. The number of rotatable bonds is 3. The number of pyridine rings is 1. The highest BCUT2D eigenvalue weighted by molar-refractivity contribution is 9.12. The summed E-state index contributed by atoms with van der Waals surface area (Å²) in [4.78, 5) is 14.8. The van der Waals surface area contributed by atoms with Gasteiger partial charge in [-0.25, -0.2) is 8.78 Å². The van der Waals surface area contributed by atoms with Gasteiger partial charge in [-0.3, -0.25) is 4.79 Å². The number of halogens is 4. The Morgan fingerprint density at radius 1 is 1.32 bits per heavy atom. The van der Waals surface area contributed by atoms with Gasteiger partial charge >= 0.3 is 0 Å². The van der Waals surface area contributed by atoms with E-state index in [4.69, 9.17) is 11.6 Å². The van der Waals surface area contributed by atoms with Crippen LogP contribution in [0.25, 0.3) is 0 Å². The first-order valence-electron chi connectivity index (χ1n) is 6.33. The summed E-state index contributed by atoms with van der Waals surface area (Å²) >= 11 is 8.95. The molecule has 2 aromatic rings. The molecule has 0 aliphatic heterocycles. The van der Waals surface area contributed by atoms with Gasteiger partial charge in [0.2, 0.25) is 0 Å². The summed E-state index contributed by atoms with van der Waals surface area (Å²) in [6.45, 7) is 0. The van der Waals surface area contributed by atoms with Gasteiger partial charge in [0.25, 0.3) is 5.56 Å². The van der Waals surface area contributed by atoms with E-state index in [1.54, 1.807) is 7.05 Å². The molecule has 0 N–H and O–H groups in total. The monoisotopic (exact) mass is 385 g/mol. The zero-order chi connectivity index (χ0) is 16.3. The van der Waals surface area contributed by atoms with E-state index in [9.17, 15) is 13.6 Å². The molecular formula is C16H11BrClF2NO. The maximum Gasteiger partial charge on any atom is 0.254 e. The van der Waals surface area contributed by atoms with Crippen molar-refractivity contribution in [1.29, 1.82) is 0 Å². The largest absolute Gasteiger partial charge is 0.317 e. The Bertz CT molecular complexity index is 823. The Balaban J connectivity index is 2.67. The van der Waals surface area contributed by atoms with Gasteiger partial charge in [-0.05, 0) is 34.7 Å². The molecule has 0 saturated carbocycles. The summed E-state index contributed by atoms with van der Waals surface area (Å²) < 4.78 is 28.9. The predicted molar refractivity (Wildman–Crippen MR) is 86.2 cm³/mol. The molecule has 0 aliphatic carbocycles. The molecule has 1 heterocycles. The summed E-state index contributed by atoms with van der Waals surface area (Å²) in [5.41, 5.74) is 0.0267. The van der Waals surface area contributed by atoms with Crippen molar-refractivity contribution in [2.24, 2.45) is 7.05 Å². The maximum atomic E-state index is 14.1. The Morgan fingerprint density at radius 2 is 2.05 bits per heavy atom. The van der Waals surface area contributed by atoms with Crippen LogP contribution in [0.15, 0.2) is 35.3 Å². The minimum absolute atomic E-state index is 0.0783. The normalized spacial score (nSPS) is 11.7.